The van der Waals surface area contributed by atoms with Crippen LogP contribution in [0, 0.1) is 0 Å². The van der Waals surface area contributed by atoms with Crippen molar-refractivity contribution in [3.05, 3.63) is 0 Å². The molecule has 0 aromatic heterocycles. The van der Waals surface area contributed by atoms with E-state index in [4.69, 9.17) is 11.5 Å². The fraction of sp³-hybridized carbons (Fsp3) is 0.857. The summed E-state index contributed by atoms with van der Waals surface area (Å²) in [7, 11) is 0. The van der Waals surface area contributed by atoms with Crippen molar-refractivity contribution in [3.8, 4) is 0 Å². The van der Waals surface area contributed by atoms with E-state index in [0.29, 0.717) is 19.0 Å². The highest BCUT2D eigenvalue weighted by molar-refractivity contribution is 5.77. The fourth-order valence-electron chi connectivity index (χ4n) is 0.836. The van der Waals surface area contributed by atoms with Gasteiger partial charge in [0, 0.05) is 25.0 Å². The Morgan fingerprint density at radius 3 is 2.73 bits per heavy atom. The number of nitrogens with one attached hydrogen (secondary N) is 1. The molecule has 1 saturated carbocycles. The largest absolute Gasteiger partial charge is 0.353 e. The second kappa shape index (κ2) is 3.69. The van der Waals surface area contributed by atoms with Gasteiger partial charge in [-0.15, -0.1) is 0 Å². The zero-order valence-electron chi connectivity index (χ0n) is 6.55. The lowest BCUT2D eigenvalue weighted by atomic mass is 10.2. The zero-order valence-corrected chi connectivity index (χ0v) is 6.55. The van der Waals surface area contributed by atoms with E-state index in [9.17, 15) is 4.79 Å². The van der Waals surface area contributed by atoms with Gasteiger partial charge < -0.3 is 16.8 Å². The lowest BCUT2D eigenvalue weighted by Crippen LogP contribution is -2.37. The standard InChI is InChI=1S/C7H15N3O/c8-4-5(9)3-7(11)10-6-1-2-6/h5-6H,1-4,8-9H2,(H,10,11). The summed E-state index contributed by atoms with van der Waals surface area (Å²) in [5, 5.41) is 2.84. The first-order chi connectivity index (χ1) is 5.22. The van der Waals surface area contributed by atoms with Crippen LogP contribution in [0.4, 0.5) is 0 Å². The van der Waals surface area contributed by atoms with E-state index < -0.39 is 0 Å². The van der Waals surface area contributed by atoms with Gasteiger partial charge in [0.15, 0.2) is 0 Å². The molecule has 0 aromatic rings. The first-order valence-corrected chi connectivity index (χ1v) is 3.97. The molecule has 0 spiro atoms. The first-order valence-electron chi connectivity index (χ1n) is 3.97. The molecule has 4 nitrogen and oxygen atoms in total. The minimum absolute atomic E-state index is 0.0328. The van der Waals surface area contributed by atoms with Crippen molar-refractivity contribution in [2.75, 3.05) is 6.54 Å². The Hall–Kier alpha value is -0.610. The van der Waals surface area contributed by atoms with Crippen LogP contribution < -0.4 is 16.8 Å². The monoisotopic (exact) mass is 157 g/mol. The molecular formula is C7H15N3O. The quantitative estimate of drug-likeness (QED) is 0.486. The molecule has 5 N–H and O–H groups in total. The van der Waals surface area contributed by atoms with E-state index in [0.717, 1.165) is 12.8 Å². The first kappa shape index (κ1) is 8.49. The predicted molar refractivity (Wildman–Crippen MR) is 42.8 cm³/mol. The molecular weight excluding hydrogens is 142 g/mol. The second-order valence-corrected chi connectivity index (χ2v) is 3.04. The van der Waals surface area contributed by atoms with E-state index >= 15 is 0 Å². The SMILES string of the molecule is NCC(N)CC(=O)NC1CC1. The van der Waals surface area contributed by atoms with E-state index in [2.05, 4.69) is 5.32 Å². The fourth-order valence-corrected chi connectivity index (χ4v) is 0.836. The summed E-state index contributed by atoms with van der Waals surface area (Å²) in [4.78, 5) is 11.0. The van der Waals surface area contributed by atoms with Crippen molar-refractivity contribution in [1.29, 1.82) is 0 Å². The highest BCUT2D eigenvalue weighted by Crippen LogP contribution is 2.18. The molecule has 1 atom stereocenters. The van der Waals surface area contributed by atoms with Crippen molar-refractivity contribution in [2.45, 2.75) is 31.3 Å². The number of hydrogen-bond donors (Lipinski definition) is 3. The van der Waals surface area contributed by atoms with Gasteiger partial charge in [-0.2, -0.15) is 0 Å². The Labute approximate surface area is 66.3 Å². The summed E-state index contributed by atoms with van der Waals surface area (Å²) in [5.41, 5.74) is 10.7. The Morgan fingerprint density at radius 2 is 2.27 bits per heavy atom. The molecule has 11 heavy (non-hydrogen) atoms. The maximum atomic E-state index is 11.0. The second-order valence-electron chi connectivity index (χ2n) is 3.04. The van der Waals surface area contributed by atoms with Crippen LogP contribution in [0.3, 0.4) is 0 Å². The lowest BCUT2D eigenvalue weighted by molar-refractivity contribution is -0.121. The van der Waals surface area contributed by atoms with Crippen molar-refractivity contribution in [2.24, 2.45) is 11.5 Å². The van der Waals surface area contributed by atoms with Crippen LogP contribution in [0.15, 0.2) is 0 Å². The number of hydrogen-bond acceptors (Lipinski definition) is 3. The molecule has 0 heterocycles. The molecule has 1 fully saturated rings. The molecule has 0 saturated heterocycles. The highest BCUT2D eigenvalue weighted by Gasteiger charge is 2.23. The Bertz CT molecular complexity index is 145. The van der Waals surface area contributed by atoms with Crippen LogP contribution in [-0.4, -0.2) is 24.5 Å². The molecule has 1 aliphatic carbocycles. The maximum Gasteiger partial charge on any atom is 0.221 e. The molecule has 0 aliphatic heterocycles. The van der Waals surface area contributed by atoms with Crippen LogP contribution >= 0.6 is 0 Å². The van der Waals surface area contributed by atoms with Gasteiger partial charge in [0.25, 0.3) is 0 Å². The molecule has 1 amide bonds. The lowest BCUT2D eigenvalue weighted by Gasteiger charge is -2.07. The van der Waals surface area contributed by atoms with Crippen LogP contribution in [-0.2, 0) is 4.79 Å². The Balaban J connectivity index is 2.08. The normalized spacial score (nSPS) is 19.5. The van der Waals surface area contributed by atoms with Gasteiger partial charge in [-0.3, -0.25) is 4.79 Å². The Kier molecular flexibility index (Phi) is 2.84. The Morgan fingerprint density at radius 1 is 1.64 bits per heavy atom. The summed E-state index contributed by atoms with van der Waals surface area (Å²) in [6, 6.07) is 0.237. The summed E-state index contributed by atoms with van der Waals surface area (Å²) >= 11 is 0. The molecule has 1 aliphatic rings. The van der Waals surface area contributed by atoms with Crippen molar-refractivity contribution in [1.82, 2.24) is 5.32 Å². The number of rotatable bonds is 4. The molecule has 1 rings (SSSR count). The number of nitrogens with two attached hydrogens (primary N) is 2. The number of carbonyl (C=O) groups excluding carboxylic acids is 1. The van der Waals surface area contributed by atoms with Crippen LogP contribution in [0.1, 0.15) is 19.3 Å². The van der Waals surface area contributed by atoms with Gasteiger partial charge in [-0.25, -0.2) is 0 Å². The van der Waals surface area contributed by atoms with Gasteiger partial charge >= 0.3 is 0 Å². The zero-order chi connectivity index (χ0) is 8.27. The van der Waals surface area contributed by atoms with Gasteiger partial charge in [0.1, 0.15) is 0 Å². The smallest absolute Gasteiger partial charge is 0.221 e. The van der Waals surface area contributed by atoms with E-state index in [1.807, 2.05) is 0 Å². The van der Waals surface area contributed by atoms with Gasteiger partial charge in [-0.05, 0) is 12.8 Å². The van der Waals surface area contributed by atoms with Crippen LogP contribution in [0.2, 0.25) is 0 Å². The summed E-state index contributed by atoms with van der Waals surface area (Å²) in [6.45, 7) is 0.373. The van der Waals surface area contributed by atoms with Crippen LogP contribution in [0.25, 0.3) is 0 Å². The van der Waals surface area contributed by atoms with Gasteiger partial charge in [-0.1, -0.05) is 0 Å². The minimum atomic E-state index is -0.186. The van der Waals surface area contributed by atoms with Crippen LogP contribution in [0.5, 0.6) is 0 Å². The molecule has 0 radical (unpaired) electrons. The minimum Gasteiger partial charge on any atom is -0.353 e. The van der Waals surface area contributed by atoms with E-state index in [-0.39, 0.29) is 11.9 Å². The topological polar surface area (TPSA) is 81.1 Å². The molecule has 4 heteroatoms. The van der Waals surface area contributed by atoms with Crippen molar-refractivity contribution >= 4 is 5.91 Å². The van der Waals surface area contributed by atoms with Gasteiger partial charge in [0.2, 0.25) is 5.91 Å². The van der Waals surface area contributed by atoms with Crippen molar-refractivity contribution in [3.63, 3.8) is 0 Å². The highest BCUT2D eigenvalue weighted by atomic mass is 16.1. The average molecular weight is 157 g/mol. The third-order valence-corrected chi connectivity index (χ3v) is 1.69. The molecule has 0 aromatic carbocycles. The van der Waals surface area contributed by atoms with E-state index in [1.54, 1.807) is 0 Å². The maximum absolute atomic E-state index is 11.0. The third-order valence-electron chi connectivity index (χ3n) is 1.69. The molecule has 1 unspecified atom stereocenters. The summed E-state index contributed by atoms with van der Waals surface area (Å²) in [5.74, 6) is 0.0328. The predicted octanol–water partition coefficient (Wildman–Crippen LogP) is -1.06. The third kappa shape index (κ3) is 3.34. The van der Waals surface area contributed by atoms with E-state index in [1.165, 1.54) is 0 Å². The molecule has 0 bridgehead atoms. The summed E-state index contributed by atoms with van der Waals surface area (Å²) in [6.07, 6.45) is 2.58. The number of carbonyl (C=O) groups is 1. The molecule has 64 valence electrons. The summed E-state index contributed by atoms with van der Waals surface area (Å²) < 4.78 is 0. The number of amides is 1. The van der Waals surface area contributed by atoms with Crippen molar-refractivity contribution < 1.29 is 4.79 Å². The van der Waals surface area contributed by atoms with Gasteiger partial charge in [0.05, 0.1) is 0 Å². The average Bonchev–Trinajstić information content (AvgIpc) is 2.71.